The zero-order chi connectivity index (χ0) is 20.1. The molecule has 0 saturated carbocycles. The molecule has 0 spiro atoms. The van der Waals surface area contributed by atoms with E-state index in [9.17, 15) is 19.7 Å². The van der Waals surface area contributed by atoms with Gasteiger partial charge in [0.25, 0.3) is 11.6 Å². The normalized spacial score (nSPS) is 13.9. The summed E-state index contributed by atoms with van der Waals surface area (Å²) >= 11 is 0. The Balaban J connectivity index is 1.53. The van der Waals surface area contributed by atoms with E-state index in [1.165, 1.54) is 29.8 Å². The molecule has 2 aromatic rings. The molecule has 1 aliphatic heterocycles. The number of nitrogens with zero attached hydrogens (tertiary/aromatic N) is 3. The number of rotatable bonds is 4. The van der Waals surface area contributed by atoms with Gasteiger partial charge in [0.05, 0.1) is 4.92 Å². The molecule has 146 valence electrons. The Morgan fingerprint density at radius 3 is 2.07 bits per heavy atom. The summed E-state index contributed by atoms with van der Waals surface area (Å²) in [6.07, 6.45) is 0.928. The summed E-state index contributed by atoms with van der Waals surface area (Å²) in [4.78, 5) is 38.6. The molecule has 0 aromatic heterocycles. The lowest BCUT2D eigenvalue weighted by Gasteiger charge is -2.34. The van der Waals surface area contributed by atoms with Crippen LogP contribution in [0.3, 0.4) is 0 Å². The highest BCUT2D eigenvalue weighted by molar-refractivity contribution is 5.94. The van der Waals surface area contributed by atoms with Crippen LogP contribution < -0.4 is 5.32 Å². The van der Waals surface area contributed by atoms with Gasteiger partial charge in [-0.25, -0.2) is 4.79 Å². The van der Waals surface area contributed by atoms with E-state index in [1.807, 2.05) is 24.3 Å². The van der Waals surface area contributed by atoms with Gasteiger partial charge in [0, 0.05) is 49.6 Å². The Morgan fingerprint density at radius 1 is 0.964 bits per heavy atom. The van der Waals surface area contributed by atoms with Crippen LogP contribution >= 0.6 is 0 Å². The zero-order valence-electron chi connectivity index (χ0n) is 15.6. The fourth-order valence-electron chi connectivity index (χ4n) is 3.05. The molecule has 8 nitrogen and oxygen atoms in total. The van der Waals surface area contributed by atoms with E-state index in [0.717, 1.165) is 6.42 Å². The van der Waals surface area contributed by atoms with E-state index in [1.54, 1.807) is 9.80 Å². The number of non-ortho nitro benzene ring substituents is 1. The van der Waals surface area contributed by atoms with Crippen molar-refractivity contribution in [2.45, 2.75) is 13.3 Å². The number of benzene rings is 2. The number of carbonyl (C=O) groups is 2. The summed E-state index contributed by atoms with van der Waals surface area (Å²) in [7, 11) is 0. The Morgan fingerprint density at radius 2 is 1.54 bits per heavy atom. The SMILES string of the molecule is CCc1ccc(C(=O)N2CCN(C(=O)Nc3ccc([N+](=O)[O-])cc3)CC2)cc1. The molecule has 1 fully saturated rings. The van der Waals surface area contributed by atoms with Crippen molar-refractivity contribution in [2.75, 3.05) is 31.5 Å². The minimum absolute atomic E-state index is 0.0296. The molecule has 0 atom stereocenters. The Hall–Kier alpha value is -3.42. The number of nitro groups is 1. The van der Waals surface area contributed by atoms with Crippen molar-refractivity contribution >= 4 is 23.3 Å². The van der Waals surface area contributed by atoms with E-state index < -0.39 is 4.92 Å². The third kappa shape index (κ3) is 4.46. The molecule has 1 N–H and O–H groups in total. The van der Waals surface area contributed by atoms with E-state index in [2.05, 4.69) is 12.2 Å². The highest BCUT2D eigenvalue weighted by atomic mass is 16.6. The first-order chi connectivity index (χ1) is 13.5. The second kappa shape index (κ2) is 8.51. The topological polar surface area (TPSA) is 95.8 Å². The van der Waals surface area contributed by atoms with Crippen molar-refractivity contribution in [2.24, 2.45) is 0 Å². The third-order valence-electron chi connectivity index (χ3n) is 4.79. The lowest BCUT2D eigenvalue weighted by atomic mass is 10.1. The molecule has 1 heterocycles. The smallest absolute Gasteiger partial charge is 0.321 e. The lowest BCUT2D eigenvalue weighted by Crippen LogP contribution is -2.51. The van der Waals surface area contributed by atoms with Crippen LogP contribution in [-0.2, 0) is 6.42 Å². The average Bonchev–Trinajstić information content (AvgIpc) is 2.73. The number of anilines is 1. The van der Waals surface area contributed by atoms with E-state index in [4.69, 9.17) is 0 Å². The van der Waals surface area contributed by atoms with Crippen LogP contribution in [0.15, 0.2) is 48.5 Å². The number of piperazine rings is 1. The molecule has 3 amide bonds. The number of nitro benzene ring substituents is 1. The Labute approximate surface area is 162 Å². The Bertz CT molecular complexity index is 857. The highest BCUT2D eigenvalue weighted by Gasteiger charge is 2.25. The van der Waals surface area contributed by atoms with E-state index in [0.29, 0.717) is 37.4 Å². The lowest BCUT2D eigenvalue weighted by molar-refractivity contribution is -0.384. The van der Waals surface area contributed by atoms with Crippen LogP contribution in [0, 0.1) is 10.1 Å². The quantitative estimate of drug-likeness (QED) is 0.649. The van der Waals surface area contributed by atoms with E-state index >= 15 is 0 Å². The van der Waals surface area contributed by atoms with Gasteiger partial charge in [0.1, 0.15) is 0 Å². The minimum atomic E-state index is -0.488. The second-order valence-corrected chi connectivity index (χ2v) is 6.56. The number of aryl methyl sites for hydroxylation is 1. The fraction of sp³-hybridized carbons (Fsp3) is 0.300. The predicted molar refractivity (Wildman–Crippen MR) is 105 cm³/mol. The summed E-state index contributed by atoms with van der Waals surface area (Å²) < 4.78 is 0. The van der Waals surface area contributed by atoms with Gasteiger partial charge in [-0.15, -0.1) is 0 Å². The first-order valence-electron chi connectivity index (χ1n) is 9.16. The van der Waals surface area contributed by atoms with Gasteiger partial charge in [-0.2, -0.15) is 0 Å². The molecule has 28 heavy (non-hydrogen) atoms. The second-order valence-electron chi connectivity index (χ2n) is 6.56. The van der Waals surface area contributed by atoms with Gasteiger partial charge in [0.15, 0.2) is 0 Å². The van der Waals surface area contributed by atoms with Crippen LogP contribution in [0.5, 0.6) is 0 Å². The van der Waals surface area contributed by atoms with Crippen molar-refractivity contribution in [3.8, 4) is 0 Å². The largest absolute Gasteiger partial charge is 0.335 e. The minimum Gasteiger partial charge on any atom is -0.335 e. The van der Waals surface area contributed by atoms with Crippen molar-refractivity contribution < 1.29 is 14.5 Å². The van der Waals surface area contributed by atoms with Crippen molar-refractivity contribution in [3.63, 3.8) is 0 Å². The molecule has 0 aliphatic carbocycles. The summed E-state index contributed by atoms with van der Waals surface area (Å²) in [5.74, 6) is -0.0296. The third-order valence-corrected chi connectivity index (χ3v) is 4.79. The van der Waals surface area contributed by atoms with Gasteiger partial charge in [-0.1, -0.05) is 19.1 Å². The number of hydrogen-bond acceptors (Lipinski definition) is 4. The number of nitrogens with one attached hydrogen (secondary N) is 1. The summed E-state index contributed by atoms with van der Waals surface area (Å²) in [6, 6.07) is 13.0. The maximum absolute atomic E-state index is 12.6. The van der Waals surface area contributed by atoms with E-state index in [-0.39, 0.29) is 17.6 Å². The van der Waals surface area contributed by atoms with Crippen molar-refractivity contribution in [3.05, 3.63) is 69.8 Å². The molecule has 1 aliphatic rings. The first-order valence-corrected chi connectivity index (χ1v) is 9.16. The standard InChI is InChI=1S/C20H22N4O4/c1-2-15-3-5-16(6-4-15)19(25)22-11-13-23(14-12-22)20(26)21-17-7-9-18(10-8-17)24(27)28/h3-10H,2,11-14H2,1H3,(H,21,26). The van der Waals surface area contributed by atoms with Gasteiger partial charge in [-0.3, -0.25) is 14.9 Å². The van der Waals surface area contributed by atoms with Crippen LogP contribution in [0.4, 0.5) is 16.2 Å². The number of carbonyl (C=O) groups excluding carboxylic acids is 2. The van der Waals surface area contributed by atoms with Crippen LogP contribution in [0.25, 0.3) is 0 Å². The highest BCUT2D eigenvalue weighted by Crippen LogP contribution is 2.16. The molecule has 0 unspecified atom stereocenters. The number of amides is 3. The molecule has 8 heteroatoms. The van der Waals surface area contributed by atoms with Gasteiger partial charge in [-0.05, 0) is 36.2 Å². The first kappa shape index (κ1) is 19.3. The maximum atomic E-state index is 12.6. The number of hydrogen-bond donors (Lipinski definition) is 1. The maximum Gasteiger partial charge on any atom is 0.321 e. The van der Waals surface area contributed by atoms with Gasteiger partial charge < -0.3 is 15.1 Å². The Kier molecular flexibility index (Phi) is 5.88. The zero-order valence-corrected chi connectivity index (χ0v) is 15.6. The van der Waals surface area contributed by atoms with Crippen LogP contribution in [0.1, 0.15) is 22.8 Å². The predicted octanol–water partition coefficient (Wildman–Crippen LogP) is 3.15. The molecule has 0 radical (unpaired) electrons. The van der Waals surface area contributed by atoms with Crippen LogP contribution in [-0.4, -0.2) is 52.8 Å². The summed E-state index contributed by atoms with van der Waals surface area (Å²) in [5.41, 5.74) is 2.30. The molecule has 0 bridgehead atoms. The monoisotopic (exact) mass is 382 g/mol. The van der Waals surface area contributed by atoms with Crippen LogP contribution in [0.2, 0.25) is 0 Å². The molecule has 2 aromatic carbocycles. The molecular formula is C20H22N4O4. The number of urea groups is 1. The fourth-order valence-corrected chi connectivity index (χ4v) is 3.05. The van der Waals surface area contributed by atoms with Gasteiger partial charge in [0.2, 0.25) is 0 Å². The molecule has 3 rings (SSSR count). The molecular weight excluding hydrogens is 360 g/mol. The summed E-state index contributed by atoms with van der Waals surface area (Å²) in [5, 5.41) is 13.4. The van der Waals surface area contributed by atoms with Crippen molar-refractivity contribution in [1.29, 1.82) is 0 Å². The average molecular weight is 382 g/mol. The van der Waals surface area contributed by atoms with Crippen molar-refractivity contribution in [1.82, 2.24) is 9.80 Å². The van der Waals surface area contributed by atoms with Gasteiger partial charge >= 0.3 is 6.03 Å². The summed E-state index contributed by atoms with van der Waals surface area (Å²) in [6.45, 7) is 3.84. The molecule has 1 saturated heterocycles.